The Balaban J connectivity index is 2.16. The minimum absolute atomic E-state index is 0.552. The highest BCUT2D eigenvalue weighted by Gasteiger charge is 2.25. The second-order valence-corrected chi connectivity index (χ2v) is 4.31. The highest BCUT2D eigenvalue weighted by Crippen LogP contribution is 2.35. The van der Waals surface area contributed by atoms with Crippen LogP contribution in [0.4, 0.5) is 5.13 Å². The molecule has 0 aromatic carbocycles. The zero-order valence-corrected chi connectivity index (χ0v) is 7.79. The van der Waals surface area contributed by atoms with Crippen LogP contribution < -0.4 is 5.73 Å². The molecule has 6 heteroatoms. The van der Waals surface area contributed by atoms with Crippen molar-refractivity contribution >= 4 is 21.4 Å². The van der Waals surface area contributed by atoms with E-state index < -0.39 is 0 Å². The number of hydrogen-bond donors (Lipinski definition) is 1. The molecule has 0 aliphatic heterocycles. The van der Waals surface area contributed by atoms with Crippen LogP contribution in [0.25, 0.3) is 4.96 Å². The summed E-state index contributed by atoms with van der Waals surface area (Å²) in [6.07, 6.45) is 3.70. The first-order chi connectivity index (χ1) is 6.34. The van der Waals surface area contributed by atoms with Crippen LogP contribution in [0.3, 0.4) is 0 Å². The van der Waals surface area contributed by atoms with Crippen molar-refractivity contribution in [3.63, 3.8) is 0 Å². The maximum atomic E-state index is 5.58. The number of nitrogens with zero attached hydrogens (tertiary/aromatic N) is 4. The quantitative estimate of drug-likeness (QED) is 0.738. The number of hydrogen-bond acceptors (Lipinski definition) is 5. The van der Waals surface area contributed by atoms with Crippen LogP contribution in [0.2, 0.25) is 0 Å². The van der Waals surface area contributed by atoms with Crippen molar-refractivity contribution in [2.45, 2.75) is 25.2 Å². The van der Waals surface area contributed by atoms with Crippen LogP contribution in [-0.4, -0.2) is 19.8 Å². The summed E-state index contributed by atoms with van der Waals surface area (Å²) in [5.74, 6) is 1.53. The third-order valence-corrected chi connectivity index (χ3v) is 3.23. The van der Waals surface area contributed by atoms with Gasteiger partial charge in [-0.15, -0.1) is 15.3 Å². The summed E-state index contributed by atoms with van der Waals surface area (Å²) in [6, 6.07) is 0. The smallest absolute Gasteiger partial charge is 0.236 e. The first-order valence-electron chi connectivity index (χ1n) is 4.32. The van der Waals surface area contributed by atoms with Crippen LogP contribution >= 0.6 is 11.3 Å². The van der Waals surface area contributed by atoms with Gasteiger partial charge in [0.15, 0.2) is 5.82 Å². The lowest BCUT2D eigenvalue weighted by Gasteiger charge is -2.22. The first kappa shape index (κ1) is 7.25. The Kier molecular flexibility index (Phi) is 1.35. The monoisotopic (exact) mass is 195 g/mol. The maximum Gasteiger partial charge on any atom is 0.236 e. The van der Waals surface area contributed by atoms with Crippen molar-refractivity contribution in [3.8, 4) is 0 Å². The van der Waals surface area contributed by atoms with Gasteiger partial charge in [-0.1, -0.05) is 17.8 Å². The highest BCUT2D eigenvalue weighted by atomic mass is 32.1. The Morgan fingerprint density at radius 1 is 1.38 bits per heavy atom. The average molecular weight is 195 g/mol. The van der Waals surface area contributed by atoms with Gasteiger partial charge < -0.3 is 5.73 Å². The molecule has 2 aromatic heterocycles. The minimum atomic E-state index is 0.552. The van der Waals surface area contributed by atoms with E-state index in [0.717, 1.165) is 10.8 Å². The molecule has 1 saturated carbocycles. The fourth-order valence-electron chi connectivity index (χ4n) is 1.57. The molecule has 13 heavy (non-hydrogen) atoms. The van der Waals surface area contributed by atoms with E-state index in [4.69, 9.17) is 5.73 Å². The molecule has 3 rings (SSSR count). The Labute approximate surface area is 78.6 Å². The van der Waals surface area contributed by atoms with E-state index in [1.54, 1.807) is 4.52 Å². The van der Waals surface area contributed by atoms with Crippen molar-refractivity contribution in [1.82, 2.24) is 19.8 Å². The number of rotatable bonds is 1. The second kappa shape index (κ2) is 2.41. The van der Waals surface area contributed by atoms with Crippen LogP contribution in [-0.2, 0) is 0 Å². The lowest BCUT2D eigenvalue weighted by molar-refractivity contribution is 0.395. The standard InChI is InChI=1S/C7H9N5S/c8-6-11-12-5(4-2-1-3-4)9-10-7(12)13-6/h4H,1-3H2,(H2,8,11). The van der Waals surface area contributed by atoms with Crippen molar-refractivity contribution in [3.05, 3.63) is 5.82 Å². The fourth-order valence-corrected chi connectivity index (χ4v) is 2.18. The zero-order chi connectivity index (χ0) is 8.84. The first-order valence-corrected chi connectivity index (χ1v) is 5.14. The van der Waals surface area contributed by atoms with Crippen molar-refractivity contribution in [2.75, 3.05) is 5.73 Å². The van der Waals surface area contributed by atoms with E-state index in [2.05, 4.69) is 15.3 Å². The molecule has 0 spiro atoms. The van der Waals surface area contributed by atoms with E-state index in [1.807, 2.05) is 0 Å². The SMILES string of the molecule is Nc1nn2c(C3CCC3)nnc2s1. The molecular formula is C7H9N5S. The van der Waals surface area contributed by atoms with E-state index in [0.29, 0.717) is 11.0 Å². The Hall–Kier alpha value is -1.17. The Bertz CT molecular complexity index is 441. The predicted octanol–water partition coefficient (Wildman–Crippen LogP) is 1.04. The van der Waals surface area contributed by atoms with Gasteiger partial charge >= 0.3 is 0 Å². The number of nitrogen functional groups attached to an aromatic ring is 1. The average Bonchev–Trinajstić information content (AvgIpc) is 2.47. The molecule has 0 radical (unpaired) electrons. The largest absolute Gasteiger partial charge is 0.374 e. The molecule has 68 valence electrons. The molecule has 0 unspecified atom stereocenters. The summed E-state index contributed by atoms with van der Waals surface area (Å²) in [5, 5.41) is 12.9. The molecule has 1 aliphatic rings. The Morgan fingerprint density at radius 2 is 2.23 bits per heavy atom. The van der Waals surface area contributed by atoms with Crippen molar-refractivity contribution in [1.29, 1.82) is 0 Å². The third kappa shape index (κ3) is 0.949. The highest BCUT2D eigenvalue weighted by molar-refractivity contribution is 7.20. The topological polar surface area (TPSA) is 69.1 Å². The summed E-state index contributed by atoms with van der Waals surface area (Å²) in [6.45, 7) is 0. The second-order valence-electron chi connectivity index (χ2n) is 3.32. The summed E-state index contributed by atoms with van der Waals surface area (Å²) in [4.78, 5) is 0.805. The van der Waals surface area contributed by atoms with Gasteiger partial charge in [0.05, 0.1) is 0 Å². The molecule has 2 aromatic rings. The normalized spacial score (nSPS) is 17.8. The van der Waals surface area contributed by atoms with Crippen LogP contribution in [0, 0.1) is 0 Å². The van der Waals surface area contributed by atoms with Gasteiger partial charge in [0, 0.05) is 5.92 Å². The van der Waals surface area contributed by atoms with Gasteiger partial charge in [-0.2, -0.15) is 4.52 Å². The van der Waals surface area contributed by atoms with Crippen LogP contribution in [0.15, 0.2) is 0 Å². The number of anilines is 1. The van der Waals surface area contributed by atoms with Crippen LogP contribution in [0.5, 0.6) is 0 Å². The predicted molar refractivity (Wildman–Crippen MR) is 49.7 cm³/mol. The lowest BCUT2D eigenvalue weighted by atomic mass is 9.85. The molecule has 0 saturated heterocycles. The zero-order valence-electron chi connectivity index (χ0n) is 6.97. The van der Waals surface area contributed by atoms with Gasteiger partial charge in [-0.3, -0.25) is 0 Å². The summed E-state index contributed by atoms with van der Waals surface area (Å²) in [7, 11) is 0. The summed E-state index contributed by atoms with van der Waals surface area (Å²) >= 11 is 1.38. The van der Waals surface area contributed by atoms with E-state index in [9.17, 15) is 0 Å². The van der Waals surface area contributed by atoms with Gasteiger partial charge in [-0.05, 0) is 12.8 Å². The van der Waals surface area contributed by atoms with E-state index in [-0.39, 0.29) is 0 Å². The van der Waals surface area contributed by atoms with Crippen LogP contribution in [0.1, 0.15) is 31.0 Å². The molecule has 2 N–H and O–H groups in total. The molecule has 2 heterocycles. The molecule has 0 atom stereocenters. The number of fused-ring (bicyclic) bond motifs is 1. The summed E-state index contributed by atoms with van der Waals surface area (Å²) < 4.78 is 1.78. The number of aromatic nitrogens is 4. The maximum absolute atomic E-state index is 5.58. The number of nitrogens with two attached hydrogens (primary N) is 1. The molecule has 1 aliphatic carbocycles. The van der Waals surface area contributed by atoms with Gasteiger partial charge in [0.1, 0.15) is 0 Å². The Morgan fingerprint density at radius 3 is 2.92 bits per heavy atom. The van der Waals surface area contributed by atoms with Gasteiger partial charge in [0.25, 0.3) is 0 Å². The van der Waals surface area contributed by atoms with Crippen molar-refractivity contribution < 1.29 is 0 Å². The van der Waals surface area contributed by atoms with Gasteiger partial charge in [0.2, 0.25) is 10.1 Å². The van der Waals surface area contributed by atoms with Gasteiger partial charge in [-0.25, -0.2) is 0 Å². The fraction of sp³-hybridized carbons (Fsp3) is 0.571. The molecular weight excluding hydrogens is 186 g/mol. The molecule has 1 fully saturated rings. The minimum Gasteiger partial charge on any atom is -0.374 e. The van der Waals surface area contributed by atoms with E-state index in [1.165, 1.54) is 30.6 Å². The molecule has 5 nitrogen and oxygen atoms in total. The summed E-state index contributed by atoms with van der Waals surface area (Å²) in [5.41, 5.74) is 5.58. The van der Waals surface area contributed by atoms with E-state index >= 15 is 0 Å². The third-order valence-electron chi connectivity index (χ3n) is 2.50. The van der Waals surface area contributed by atoms with Crippen molar-refractivity contribution in [2.24, 2.45) is 0 Å². The molecule has 0 bridgehead atoms. The lowest BCUT2D eigenvalue weighted by Crippen LogP contribution is -2.13. The molecule has 0 amide bonds.